The normalized spacial score (nSPS) is 18.1. The summed E-state index contributed by atoms with van der Waals surface area (Å²) in [4.78, 5) is 4.63. The van der Waals surface area contributed by atoms with Crippen molar-refractivity contribution in [3.05, 3.63) is 29.3 Å². The zero-order valence-corrected chi connectivity index (χ0v) is 13.8. The molecule has 1 fully saturated rings. The minimum absolute atomic E-state index is 0.479. The predicted octanol–water partition coefficient (Wildman–Crippen LogP) is 5.31. The number of pyridine rings is 1. The molecule has 0 aliphatic heterocycles. The Morgan fingerprint density at radius 3 is 3.00 bits per heavy atom. The van der Waals surface area contributed by atoms with Crippen LogP contribution in [-0.2, 0) is 0 Å². The van der Waals surface area contributed by atoms with Crippen LogP contribution in [0.15, 0.2) is 23.7 Å². The summed E-state index contributed by atoms with van der Waals surface area (Å²) in [5, 5.41) is 5.89. The molecule has 0 aromatic carbocycles. The Labute approximate surface area is 132 Å². The van der Waals surface area contributed by atoms with E-state index < -0.39 is 0 Å². The zero-order chi connectivity index (χ0) is 14.5. The molecule has 2 nitrogen and oxygen atoms in total. The Morgan fingerprint density at radius 1 is 1.33 bits per heavy atom. The number of hydrogen-bond donors (Lipinski definition) is 1. The van der Waals surface area contributed by atoms with Crippen molar-refractivity contribution in [2.45, 2.75) is 57.9 Å². The van der Waals surface area contributed by atoms with Crippen molar-refractivity contribution in [1.29, 1.82) is 0 Å². The van der Waals surface area contributed by atoms with E-state index in [9.17, 15) is 0 Å². The van der Waals surface area contributed by atoms with Crippen molar-refractivity contribution in [2.75, 3.05) is 6.54 Å². The second-order valence-electron chi connectivity index (χ2n) is 6.32. The van der Waals surface area contributed by atoms with Gasteiger partial charge < -0.3 is 5.32 Å². The van der Waals surface area contributed by atoms with Crippen molar-refractivity contribution in [1.82, 2.24) is 10.3 Å². The molecule has 114 valence electrons. The van der Waals surface area contributed by atoms with Gasteiger partial charge in [-0.25, -0.2) is 0 Å². The Hall–Kier alpha value is -0.930. The summed E-state index contributed by atoms with van der Waals surface area (Å²) in [5.74, 6) is 0.895. The van der Waals surface area contributed by atoms with Gasteiger partial charge in [-0.3, -0.25) is 4.98 Å². The summed E-state index contributed by atoms with van der Waals surface area (Å²) in [6.07, 6.45) is 11.7. The van der Waals surface area contributed by atoms with E-state index in [-0.39, 0.29) is 0 Å². The first-order chi connectivity index (χ1) is 10.4. The number of nitrogens with zero attached hydrogens (tertiary/aromatic N) is 1. The Morgan fingerprint density at radius 2 is 2.19 bits per heavy atom. The van der Waals surface area contributed by atoms with Gasteiger partial charge in [0.25, 0.3) is 0 Å². The molecule has 21 heavy (non-hydrogen) atoms. The first kappa shape index (κ1) is 15.0. The summed E-state index contributed by atoms with van der Waals surface area (Å²) < 4.78 is 1.32. The maximum atomic E-state index is 4.63. The highest BCUT2D eigenvalue weighted by Gasteiger charge is 2.20. The van der Waals surface area contributed by atoms with Crippen molar-refractivity contribution >= 4 is 21.6 Å². The highest BCUT2D eigenvalue weighted by atomic mass is 32.1. The van der Waals surface area contributed by atoms with Crippen molar-refractivity contribution in [3.63, 3.8) is 0 Å². The van der Waals surface area contributed by atoms with Crippen LogP contribution in [-0.4, -0.2) is 11.5 Å². The monoisotopic (exact) mass is 302 g/mol. The van der Waals surface area contributed by atoms with Gasteiger partial charge in [0.05, 0.1) is 10.2 Å². The average molecular weight is 302 g/mol. The molecular formula is C18H26N2S. The molecule has 0 amide bonds. The van der Waals surface area contributed by atoms with Gasteiger partial charge in [-0.05, 0) is 48.4 Å². The van der Waals surface area contributed by atoms with Crippen molar-refractivity contribution in [2.24, 2.45) is 5.92 Å². The van der Waals surface area contributed by atoms with E-state index in [4.69, 9.17) is 0 Å². The third-order valence-electron chi connectivity index (χ3n) is 4.66. The fraction of sp³-hybridized carbons (Fsp3) is 0.611. The van der Waals surface area contributed by atoms with Gasteiger partial charge in [0.2, 0.25) is 0 Å². The van der Waals surface area contributed by atoms with Crippen molar-refractivity contribution in [3.8, 4) is 0 Å². The van der Waals surface area contributed by atoms with Gasteiger partial charge >= 0.3 is 0 Å². The van der Waals surface area contributed by atoms with Gasteiger partial charge in [-0.1, -0.05) is 39.0 Å². The number of fused-ring (bicyclic) bond motifs is 1. The standard InChI is InChI=1S/C18H26N2S/c1-2-9-19-17(11-14-6-4-3-5-7-14)15-12-18-16(20-13-15)8-10-21-18/h8,10,12-14,17,19H,2-7,9,11H2,1H3. The maximum absolute atomic E-state index is 4.63. The first-order valence-electron chi connectivity index (χ1n) is 8.43. The van der Waals surface area contributed by atoms with Crippen LogP contribution in [0, 0.1) is 5.92 Å². The third-order valence-corrected chi connectivity index (χ3v) is 5.51. The Kier molecular flexibility index (Phi) is 5.26. The van der Waals surface area contributed by atoms with E-state index in [1.165, 1.54) is 55.2 Å². The Bertz CT molecular complexity index is 557. The summed E-state index contributed by atoms with van der Waals surface area (Å²) in [7, 11) is 0. The van der Waals surface area contributed by atoms with Gasteiger partial charge in [0, 0.05) is 12.2 Å². The largest absolute Gasteiger partial charge is 0.310 e. The molecule has 1 aliphatic carbocycles. The lowest BCUT2D eigenvalue weighted by Crippen LogP contribution is -2.25. The maximum Gasteiger partial charge on any atom is 0.0809 e. The van der Waals surface area contributed by atoms with Crippen LogP contribution in [0.2, 0.25) is 0 Å². The van der Waals surface area contributed by atoms with E-state index >= 15 is 0 Å². The van der Waals surface area contributed by atoms with Crippen LogP contribution in [0.25, 0.3) is 10.2 Å². The first-order valence-corrected chi connectivity index (χ1v) is 9.31. The molecular weight excluding hydrogens is 276 g/mol. The van der Waals surface area contributed by atoms with Crippen LogP contribution in [0.1, 0.15) is 63.5 Å². The molecule has 2 heterocycles. The molecule has 0 saturated heterocycles. The predicted molar refractivity (Wildman–Crippen MR) is 91.8 cm³/mol. The van der Waals surface area contributed by atoms with E-state index in [0.29, 0.717) is 6.04 Å². The second kappa shape index (κ2) is 7.37. The summed E-state index contributed by atoms with van der Waals surface area (Å²) in [6, 6.07) is 4.94. The molecule has 1 N–H and O–H groups in total. The van der Waals surface area contributed by atoms with E-state index in [1.54, 1.807) is 11.3 Å². The minimum atomic E-state index is 0.479. The SMILES string of the molecule is CCCNC(CC1CCCCC1)c1cnc2ccsc2c1. The molecule has 2 aromatic rings. The molecule has 0 radical (unpaired) electrons. The molecule has 3 rings (SSSR count). The number of hydrogen-bond acceptors (Lipinski definition) is 3. The molecule has 2 aromatic heterocycles. The lowest BCUT2D eigenvalue weighted by molar-refractivity contribution is 0.300. The molecule has 0 spiro atoms. The van der Waals surface area contributed by atoms with Crippen LogP contribution in [0.4, 0.5) is 0 Å². The quantitative estimate of drug-likeness (QED) is 0.782. The lowest BCUT2D eigenvalue weighted by atomic mass is 9.83. The van der Waals surface area contributed by atoms with Crippen LogP contribution in [0.3, 0.4) is 0 Å². The number of thiophene rings is 1. The number of nitrogens with one attached hydrogen (secondary N) is 1. The van der Waals surface area contributed by atoms with Crippen molar-refractivity contribution < 1.29 is 0 Å². The average Bonchev–Trinajstić information content (AvgIpc) is 3.00. The molecule has 0 bridgehead atoms. The van der Waals surface area contributed by atoms with E-state index in [2.05, 4.69) is 40.9 Å². The third kappa shape index (κ3) is 3.83. The molecule has 1 saturated carbocycles. The Balaban J connectivity index is 1.75. The van der Waals surface area contributed by atoms with Gasteiger partial charge in [-0.15, -0.1) is 11.3 Å². The van der Waals surface area contributed by atoms with E-state index in [0.717, 1.165) is 18.0 Å². The molecule has 1 aliphatic rings. The fourth-order valence-corrected chi connectivity index (χ4v) is 4.25. The summed E-state index contributed by atoms with van der Waals surface area (Å²) in [5.41, 5.74) is 2.51. The molecule has 1 atom stereocenters. The molecule has 1 unspecified atom stereocenters. The zero-order valence-electron chi connectivity index (χ0n) is 13.0. The lowest BCUT2D eigenvalue weighted by Gasteiger charge is -2.27. The topological polar surface area (TPSA) is 24.9 Å². The van der Waals surface area contributed by atoms with Gasteiger partial charge in [0.1, 0.15) is 0 Å². The van der Waals surface area contributed by atoms with E-state index in [1.807, 2.05) is 0 Å². The van der Waals surface area contributed by atoms with Gasteiger partial charge in [0.15, 0.2) is 0 Å². The molecule has 3 heteroatoms. The van der Waals surface area contributed by atoms with Gasteiger partial charge in [-0.2, -0.15) is 0 Å². The van der Waals surface area contributed by atoms with Crippen LogP contribution in [0.5, 0.6) is 0 Å². The highest BCUT2D eigenvalue weighted by Crippen LogP contribution is 2.33. The summed E-state index contributed by atoms with van der Waals surface area (Å²) in [6.45, 7) is 3.34. The number of rotatable bonds is 6. The smallest absolute Gasteiger partial charge is 0.0809 e. The van der Waals surface area contributed by atoms with Crippen LogP contribution < -0.4 is 5.32 Å². The van der Waals surface area contributed by atoms with Crippen LogP contribution >= 0.6 is 11.3 Å². The summed E-state index contributed by atoms with van der Waals surface area (Å²) >= 11 is 1.80. The minimum Gasteiger partial charge on any atom is -0.310 e. The fourth-order valence-electron chi connectivity index (χ4n) is 3.46. The number of aromatic nitrogens is 1. The highest BCUT2D eigenvalue weighted by molar-refractivity contribution is 7.17. The second-order valence-corrected chi connectivity index (χ2v) is 7.27.